The zero-order valence-electron chi connectivity index (χ0n) is 24.9. The van der Waals surface area contributed by atoms with Gasteiger partial charge in [-0.2, -0.15) is 0 Å². The third kappa shape index (κ3) is 7.61. The molecule has 2 amide bonds. The summed E-state index contributed by atoms with van der Waals surface area (Å²) in [4.78, 5) is 28.8. The molecule has 0 aromatic heterocycles. The van der Waals surface area contributed by atoms with Gasteiger partial charge in [-0.25, -0.2) is 8.42 Å². The molecule has 0 aliphatic heterocycles. The number of hydrogen-bond donors (Lipinski definition) is 1. The van der Waals surface area contributed by atoms with Crippen LogP contribution in [0.5, 0.6) is 11.5 Å². The highest BCUT2D eigenvalue weighted by Gasteiger charge is 2.34. The molecule has 1 aliphatic carbocycles. The normalized spacial score (nSPS) is 14.2. The van der Waals surface area contributed by atoms with Gasteiger partial charge < -0.3 is 19.7 Å². The summed E-state index contributed by atoms with van der Waals surface area (Å²) in [6, 6.07) is 17.4. The number of carbonyl (C=O) groups is 2. The van der Waals surface area contributed by atoms with E-state index in [1.165, 1.54) is 37.3 Å². The molecular weight excluding hydrogens is 590 g/mol. The zero-order valence-corrected chi connectivity index (χ0v) is 26.5. The molecule has 43 heavy (non-hydrogen) atoms. The van der Waals surface area contributed by atoms with Crippen molar-refractivity contribution in [3.8, 4) is 11.5 Å². The number of amides is 2. The van der Waals surface area contributed by atoms with E-state index in [0.717, 1.165) is 35.6 Å². The Kier molecular flexibility index (Phi) is 10.6. The average Bonchev–Trinajstić information content (AvgIpc) is 3.52. The number of rotatable bonds is 12. The van der Waals surface area contributed by atoms with Crippen LogP contribution in [-0.4, -0.2) is 58.0 Å². The van der Waals surface area contributed by atoms with Crippen molar-refractivity contribution in [1.29, 1.82) is 0 Å². The zero-order chi connectivity index (χ0) is 31.1. The van der Waals surface area contributed by atoms with Gasteiger partial charge in [0, 0.05) is 23.7 Å². The number of nitrogens with one attached hydrogen (secondary N) is 1. The van der Waals surface area contributed by atoms with E-state index in [1.807, 2.05) is 6.92 Å². The van der Waals surface area contributed by atoms with Crippen LogP contribution in [0.25, 0.3) is 0 Å². The van der Waals surface area contributed by atoms with Gasteiger partial charge in [0.05, 0.1) is 24.8 Å². The Labute approximate surface area is 258 Å². The highest BCUT2D eigenvalue weighted by molar-refractivity contribution is 7.92. The number of methoxy groups -OCH3 is 2. The average molecular weight is 628 g/mol. The van der Waals surface area contributed by atoms with E-state index in [1.54, 1.807) is 55.5 Å². The van der Waals surface area contributed by atoms with E-state index in [9.17, 15) is 18.0 Å². The Morgan fingerprint density at radius 3 is 2.26 bits per heavy atom. The second-order valence-electron chi connectivity index (χ2n) is 10.6. The summed E-state index contributed by atoms with van der Waals surface area (Å²) in [6.45, 7) is 3.01. The van der Waals surface area contributed by atoms with Crippen molar-refractivity contribution in [1.82, 2.24) is 10.2 Å². The Morgan fingerprint density at radius 1 is 0.977 bits per heavy atom. The molecule has 0 bridgehead atoms. The summed E-state index contributed by atoms with van der Waals surface area (Å²) in [7, 11) is -1.40. The topological polar surface area (TPSA) is 105 Å². The first-order chi connectivity index (χ1) is 20.5. The van der Waals surface area contributed by atoms with Crippen molar-refractivity contribution in [2.45, 2.75) is 63.1 Å². The maximum Gasteiger partial charge on any atom is 0.264 e. The molecule has 11 heteroatoms. The van der Waals surface area contributed by atoms with Gasteiger partial charge >= 0.3 is 0 Å². The first kappa shape index (κ1) is 32.2. The van der Waals surface area contributed by atoms with Crippen molar-refractivity contribution in [2.75, 3.05) is 25.1 Å². The summed E-state index contributed by atoms with van der Waals surface area (Å²) in [5, 5.41) is 3.50. The van der Waals surface area contributed by atoms with Crippen molar-refractivity contribution in [2.24, 2.45) is 0 Å². The quantitative estimate of drug-likeness (QED) is 0.291. The van der Waals surface area contributed by atoms with Gasteiger partial charge in [-0.05, 0) is 62.6 Å². The molecule has 4 rings (SSSR count). The molecule has 9 nitrogen and oxygen atoms in total. The molecule has 1 N–H and O–H groups in total. The summed E-state index contributed by atoms with van der Waals surface area (Å²) < 4.78 is 40.0. The molecule has 1 unspecified atom stereocenters. The van der Waals surface area contributed by atoms with Gasteiger partial charge in [0.25, 0.3) is 10.0 Å². The largest absolute Gasteiger partial charge is 0.493 e. The molecule has 0 heterocycles. The molecule has 0 saturated heterocycles. The highest BCUT2D eigenvalue weighted by atomic mass is 35.5. The van der Waals surface area contributed by atoms with Crippen LogP contribution in [0.15, 0.2) is 71.6 Å². The van der Waals surface area contributed by atoms with Crippen LogP contribution in [0.4, 0.5) is 5.69 Å². The van der Waals surface area contributed by atoms with Crippen LogP contribution in [0.2, 0.25) is 5.02 Å². The number of halogens is 1. The summed E-state index contributed by atoms with van der Waals surface area (Å²) in [6.07, 6.45) is 3.87. The predicted molar refractivity (Wildman–Crippen MR) is 167 cm³/mol. The van der Waals surface area contributed by atoms with Gasteiger partial charge in [0.2, 0.25) is 11.8 Å². The predicted octanol–water partition coefficient (Wildman–Crippen LogP) is 5.34. The Morgan fingerprint density at radius 2 is 1.63 bits per heavy atom. The lowest BCUT2D eigenvalue weighted by Gasteiger charge is -2.32. The SMILES string of the molecule is COc1ccc(S(=O)(=O)N(CC(=O)N(Cc2ccccc2Cl)C(C)C(=O)NC2CCCC2)c2ccc(C)cc2)cc1OC. The van der Waals surface area contributed by atoms with Crippen LogP contribution < -0.4 is 19.1 Å². The number of nitrogens with zero attached hydrogens (tertiary/aromatic N) is 2. The van der Waals surface area contributed by atoms with Crippen molar-refractivity contribution < 1.29 is 27.5 Å². The van der Waals surface area contributed by atoms with Crippen LogP contribution in [0.3, 0.4) is 0 Å². The lowest BCUT2D eigenvalue weighted by molar-refractivity contribution is -0.139. The summed E-state index contributed by atoms with van der Waals surface area (Å²) in [5.74, 6) is -0.251. The lowest BCUT2D eigenvalue weighted by Crippen LogP contribution is -2.52. The monoisotopic (exact) mass is 627 g/mol. The van der Waals surface area contributed by atoms with Gasteiger partial charge in [-0.3, -0.25) is 13.9 Å². The maximum absolute atomic E-state index is 14.1. The number of benzene rings is 3. The number of ether oxygens (including phenoxy) is 2. The number of hydrogen-bond acceptors (Lipinski definition) is 6. The maximum atomic E-state index is 14.1. The third-order valence-corrected chi connectivity index (χ3v) is 9.85. The Balaban J connectivity index is 1.72. The third-order valence-electron chi connectivity index (χ3n) is 7.71. The minimum Gasteiger partial charge on any atom is -0.493 e. The van der Waals surface area contributed by atoms with E-state index in [-0.39, 0.29) is 29.1 Å². The summed E-state index contributed by atoms with van der Waals surface area (Å²) >= 11 is 6.45. The second-order valence-corrected chi connectivity index (χ2v) is 12.9. The molecular formula is C32H38ClN3O6S. The first-order valence-electron chi connectivity index (χ1n) is 14.2. The number of carbonyl (C=O) groups excluding carboxylic acids is 2. The van der Waals surface area contributed by atoms with Crippen molar-refractivity contribution in [3.63, 3.8) is 0 Å². The molecule has 1 saturated carbocycles. The van der Waals surface area contributed by atoms with Crippen LogP contribution in [0.1, 0.15) is 43.7 Å². The van der Waals surface area contributed by atoms with Gasteiger partial charge in [0.15, 0.2) is 11.5 Å². The molecule has 1 aliphatic rings. The van der Waals surface area contributed by atoms with Gasteiger partial charge in [-0.1, -0.05) is 60.3 Å². The molecule has 1 atom stereocenters. The first-order valence-corrected chi connectivity index (χ1v) is 16.0. The molecule has 0 radical (unpaired) electrons. The van der Waals surface area contributed by atoms with Gasteiger partial charge in [-0.15, -0.1) is 0 Å². The summed E-state index contributed by atoms with van der Waals surface area (Å²) in [5.41, 5.74) is 1.87. The molecule has 230 valence electrons. The molecule has 3 aromatic carbocycles. The van der Waals surface area contributed by atoms with Crippen LogP contribution >= 0.6 is 11.6 Å². The second kappa shape index (κ2) is 14.1. The van der Waals surface area contributed by atoms with Crippen molar-refractivity contribution >= 4 is 39.1 Å². The van der Waals surface area contributed by atoms with E-state index in [2.05, 4.69) is 5.32 Å². The van der Waals surface area contributed by atoms with E-state index >= 15 is 0 Å². The van der Waals surface area contributed by atoms with E-state index < -0.39 is 28.5 Å². The molecule has 1 fully saturated rings. The smallest absolute Gasteiger partial charge is 0.264 e. The van der Waals surface area contributed by atoms with Crippen LogP contribution in [-0.2, 0) is 26.2 Å². The fraction of sp³-hybridized carbons (Fsp3) is 0.375. The molecule has 0 spiro atoms. The number of aryl methyl sites for hydroxylation is 1. The minimum absolute atomic E-state index is 0.0237. The minimum atomic E-state index is -4.28. The molecule has 3 aromatic rings. The fourth-order valence-corrected chi connectivity index (χ4v) is 6.75. The Bertz CT molecular complexity index is 1540. The number of anilines is 1. The fourth-order valence-electron chi connectivity index (χ4n) is 5.13. The van der Waals surface area contributed by atoms with E-state index in [0.29, 0.717) is 22.0 Å². The van der Waals surface area contributed by atoms with Gasteiger partial charge in [0.1, 0.15) is 12.6 Å². The van der Waals surface area contributed by atoms with Crippen LogP contribution in [0, 0.1) is 6.92 Å². The standard InChI is InChI=1S/C32H38ClN3O6S/c1-22-13-15-26(16-14-22)36(43(39,40)27-17-18-29(41-3)30(19-27)42-4)21-31(37)35(20-24-9-5-8-12-28(24)33)23(2)32(38)34-25-10-6-7-11-25/h5,8-9,12-19,23,25H,6-7,10-11,20-21H2,1-4H3,(H,34,38). The lowest BCUT2D eigenvalue weighted by atomic mass is 10.1. The number of sulfonamides is 1. The Hall–Kier alpha value is -3.76. The van der Waals surface area contributed by atoms with Crippen molar-refractivity contribution in [3.05, 3.63) is 82.9 Å². The van der Waals surface area contributed by atoms with E-state index in [4.69, 9.17) is 21.1 Å². The highest BCUT2D eigenvalue weighted by Crippen LogP contribution is 2.32.